The van der Waals surface area contributed by atoms with Crippen LogP contribution in [0.25, 0.3) is 0 Å². The van der Waals surface area contributed by atoms with E-state index in [2.05, 4.69) is 10.3 Å². The van der Waals surface area contributed by atoms with Gasteiger partial charge >= 0.3 is 0 Å². The van der Waals surface area contributed by atoms with E-state index >= 15 is 0 Å². The summed E-state index contributed by atoms with van der Waals surface area (Å²) in [5.41, 5.74) is 0.988. The average molecular weight is 319 g/mol. The van der Waals surface area contributed by atoms with E-state index in [0.717, 1.165) is 11.4 Å². The smallest absolute Gasteiger partial charge is 0.224 e. The van der Waals surface area contributed by atoms with Gasteiger partial charge in [-0.15, -0.1) is 0 Å². The number of aromatic nitrogens is 2. The van der Waals surface area contributed by atoms with E-state index < -0.39 is 0 Å². The van der Waals surface area contributed by atoms with Crippen molar-refractivity contribution in [2.45, 2.75) is 25.6 Å². The Morgan fingerprint density at radius 1 is 1.41 bits per heavy atom. The van der Waals surface area contributed by atoms with Gasteiger partial charge in [-0.25, -0.2) is 4.98 Å². The second kappa shape index (κ2) is 6.50. The van der Waals surface area contributed by atoms with Gasteiger partial charge in [-0.1, -0.05) is 29.8 Å². The van der Waals surface area contributed by atoms with Crippen molar-refractivity contribution in [2.24, 2.45) is 7.05 Å². The van der Waals surface area contributed by atoms with Gasteiger partial charge < -0.3 is 14.8 Å². The van der Waals surface area contributed by atoms with Gasteiger partial charge in [0.1, 0.15) is 5.82 Å². The van der Waals surface area contributed by atoms with Crippen molar-refractivity contribution in [1.29, 1.82) is 0 Å². The fraction of sp³-hybridized carbons (Fsp3) is 0.375. The molecule has 1 amide bonds. The van der Waals surface area contributed by atoms with Crippen molar-refractivity contribution in [3.63, 3.8) is 0 Å². The van der Waals surface area contributed by atoms with Gasteiger partial charge in [-0.05, 0) is 11.6 Å². The molecule has 0 spiro atoms. The Bertz CT molecular complexity index is 670. The van der Waals surface area contributed by atoms with Crippen LogP contribution < -0.4 is 5.32 Å². The van der Waals surface area contributed by atoms with E-state index in [1.54, 1.807) is 6.20 Å². The molecule has 1 aliphatic rings. The van der Waals surface area contributed by atoms with Crippen LogP contribution in [0, 0.1) is 0 Å². The number of hydrogen-bond acceptors (Lipinski definition) is 3. The number of rotatable bonds is 5. The van der Waals surface area contributed by atoms with Crippen LogP contribution in [0.3, 0.4) is 0 Å². The SMILES string of the molecule is Cn1ccnc1CNC1CC(=O)N(Cc2ccccc2Cl)C1. The first-order valence-electron chi connectivity index (χ1n) is 7.34. The van der Waals surface area contributed by atoms with Gasteiger partial charge in [-0.2, -0.15) is 0 Å². The Morgan fingerprint density at radius 3 is 2.95 bits per heavy atom. The summed E-state index contributed by atoms with van der Waals surface area (Å²) < 4.78 is 1.98. The van der Waals surface area contributed by atoms with E-state index in [9.17, 15) is 4.79 Å². The first-order valence-corrected chi connectivity index (χ1v) is 7.72. The molecule has 116 valence electrons. The molecule has 1 aliphatic heterocycles. The Morgan fingerprint density at radius 2 is 2.23 bits per heavy atom. The molecule has 2 aromatic rings. The summed E-state index contributed by atoms with van der Waals surface area (Å²) in [6, 6.07) is 7.82. The molecule has 5 nitrogen and oxygen atoms in total. The molecule has 6 heteroatoms. The van der Waals surface area contributed by atoms with Crippen LogP contribution >= 0.6 is 11.6 Å². The minimum atomic E-state index is 0.159. The van der Waals surface area contributed by atoms with E-state index in [1.165, 1.54) is 0 Å². The fourth-order valence-corrected chi connectivity index (χ4v) is 2.89. The molecule has 1 unspecified atom stereocenters. The van der Waals surface area contributed by atoms with Crippen LogP contribution in [0.4, 0.5) is 0 Å². The highest BCUT2D eigenvalue weighted by Crippen LogP contribution is 2.20. The molecule has 1 fully saturated rings. The number of benzene rings is 1. The molecule has 22 heavy (non-hydrogen) atoms. The zero-order chi connectivity index (χ0) is 15.5. The number of nitrogens with one attached hydrogen (secondary N) is 1. The van der Waals surface area contributed by atoms with Gasteiger partial charge in [0.2, 0.25) is 5.91 Å². The standard InChI is InChI=1S/C16H19ClN4O/c1-20-7-6-18-15(20)9-19-13-8-16(22)21(11-13)10-12-4-2-3-5-14(12)17/h2-7,13,19H,8-11H2,1H3. The topological polar surface area (TPSA) is 50.2 Å². The number of halogens is 1. The van der Waals surface area contributed by atoms with Crippen LogP contribution in [-0.2, 0) is 24.9 Å². The zero-order valence-corrected chi connectivity index (χ0v) is 13.3. The fourth-order valence-electron chi connectivity index (χ4n) is 2.70. The van der Waals surface area contributed by atoms with Crippen molar-refractivity contribution >= 4 is 17.5 Å². The number of carbonyl (C=O) groups is 1. The summed E-state index contributed by atoms with van der Waals surface area (Å²) in [6.45, 7) is 1.94. The van der Waals surface area contributed by atoms with Crippen molar-refractivity contribution in [3.05, 3.63) is 53.1 Å². The second-order valence-electron chi connectivity index (χ2n) is 5.60. The van der Waals surface area contributed by atoms with Crippen molar-refractivity contribution in [3.8, 4) is 0 Å². The molecule has 0 aliphatic carbocycles. The van der Waals surface area contributed by atoms with Crippen LogP contribution in [0.5, 0.6) is 0 Å². The third kappa shape index (κ3) is 3.31. The first kappa shape index (κ1) is 15.1. The highest BCUT2D eigenvalue weighted by atomic mass is 35.5. The highest BCUT2D eigenvalue weighted by molar-refractivity contribution is 6.31. The largest absolute Gasteiger partial charge is 0.337 e. The Balaban J connectivity index is 1.57. The maximum atomic E-state index is 12.2. The number of amides is 1. The summed E-state index contributed by atoms with van der Waals surface area (Å²) in [5, 5.41) is 4.11. The number of aryl methyl sites for hydroxylation is 1. The molecule has 1 saturated heterocycles. The Kier molecular flexibility index (Phi) is 4.45. The van der Waals surface area contributed by atoms with Crippen molar-refractivity contribution in [1.82, 2.24) is 19.8 Å². The minimum Gasteiger partial charge on any atom is -0.337 e. The molecule has 3 rings (SSSR count). The van der Waals surface area contributed by atoms with E-state index in [1.807, 2.05) is 47.0 Å². The predicted molar refractivity (Wildman–Crippen MR) is 85.3 cm³/mol. The van der Waals surface area contributed by atoms with Crippen molar-refractivity contribution < 1.29 is 4.79 Å². The highest BCUT2D eigenvalue weighted by Gasteiger charge is 2.29. The van der Waals surface area contributed by atoms with Gasteiger partial charge in [0.25, 0.3) is 0 Å². The molecule has 2 heterocycles. The third-order valence-corrected chi connectivity index (χ3v) is 4.37. The lowest BCUT2D eigenvalue weighted by Gasteiger charge is -2.18. The summed E-state index contributed by atoms with van der Waals surface area (Å²) in [6.07, 6.45) is 4.22. The third-order valence-electron chi connectivity index (χ3n) is 4.00. The summed E-state index contributed by atoms with van der Waals surface area (Å²) in [7, 11) is 1.97. The van der Waals surface area contributed by atoms with E-state index in [-0.39, 0.29) is 11.9 Å². The quantitative estimate of drug-likeness (QED) is 0.917. The van der Waals surface area contributed by atoms with Gasteiger partial charge in [0.15, 0.2) is 0 Å². The lowest BCUT2D eigenvalue weighted by atomic mass is 10.2. The van der Waals surface area contributed by atoms with E-state index in [4.69, 9.17) is 11.6 Å². The Labute approximate surface area is 134 Å². The van der Waals surface area contributed by atoms with Crippen LogP contribution in [-0.4, -0.2) is 32.9 Å². The number of imidazole rings is 1. The molecular weight excluding hydrogens is 300 g/mol. The average Bonchev–Trinajstić information content (AvgIpc) is 3.06. The van der Waals surface area contributed by atoms with Crippen LogP contribution in [0.2, 0.25) is 5.02 Å². The number of hydrogen-bond donors (Lipinski definition) is 1. The minimum absolute atomic E-state index is 0.159. The molecule has 0 radical (unpaired) electrons. The molecule has 1 aromatic carbocycles. The van der Waals surface area contributed by atoms with E-state index in [0.29, 0.717) is 31.1 Å². The van der Waals surface area contributed by atoms with Gasteiger partial charge in [-0.3, -0.25) is 4.79 Å². The molecular formula is C16H19ClN4O. The molecule has 0 saturated carbocycles. The first-order chi connectivity index (χ1) is 10.6. The molecule has 1 aromatic heterocycles. The maximum Gasteiger partial charge on any atom is 0.224 e. The van der Waals surface area contributed by atoms with Crippen molar-refractivity contribution in [2.75, 3.05) is 6.54 Å². The van der Waals surface area contributed by atoms with Gasteiger partial charge in [0, 0.05) is 50.0 Å². The molecule has 0 bridgehead atoms. The Hall–Kier alpha value is -1.85. The molecule has 1 atom stereocenters. The zero-order valence-electron chi connectivity index (χ0n) is 12.5. The number of nitrogens with zero attached hydrogens (tertiary/aromatic N) is 3. The normalized spacial score (nSPS) is 18.2. The lowest BCUT2D eigenvalue weighted by molar-refractivity contribution is -0.128. The van der Waals surface area contributed by atoms with Gasteiger partial charge in [0.05, 0.1) is 6.54 Å². The van der Waals surface area contributed by atoms with Crippen LogP contribution in [0.1, 0.15) is 17.8 Å². The summed E-state index contributed by atoms with van der Waals surface area (Å²) >= 11 is 6.17. The predicted octanol–water partition coefficient (Wildman–Crippen LogP) is 1.96. The molecule has 1 N–H and O–H groups in total. The lowest BCUT2D eigenvalue weighted by Crippen LogP contribution is -2.33. The second-order valence-corrected chi connectivity index (χ2v) is 6.01. The van der Waals surface area contributed by atoms with Crippen LogP contribution in [0.15, 0.2) is 36.7 Å². The summed E-state index contributed by atoms with van der Waals surface area (Å²) in [4.78, 5) is 18.3. The number of likely N-dealkylation sites (tertiary alicyclic amines) is 1. The maximum absolute atomic E-state index is 12.2. The monoisotopic (exact) mass is 318 g/mol. The summed E-state index contributed by atoms with van der Waals surface area (Å²) in [5.74, 6) is 1.13. The number of carbonyl (C=O) groups excluding carboxylic acids is 1.